The minimum atomic E-state index is -3.89. The molecule has 9 heteroatoms. The summed E-state index contributed by atoms with van der Waals surface area (Å²) in [6.07, 6.45) is 6.48. The second kappa shape index (κ2) is 10.5. The Balaban J connectivity index is 2.62. The third kappa shape index (κ3) is 5.59. The fraction of sp³-hybridized carbons (Fsp3) is 0.379. The summed E-state index contributed by atoms with van der Waals surface area (Å²) in [6.45, 7) is 16.1. The molecule has 2 aromatic rings. The van der Waals surface area contributed by atoms with Gasteiger partial charge in [0.2, 0.25) is 16.0 Å². The van der Waals surface area contributed by atoms with Gasteiger partial charge in [0, 0.05) is 22.9 Å². The summed E-state index contributed by atoms with van der Waals surface area (Å²) in [5.41, 5.74) is 4.11. The first kappa shape index (κ1) is 29.3. The van der Waals surface area contributed by atoms with E-state index in [4.69, 9.17) is 4.74 Å². The average Bonchev–Trinajstić information content (AvgIpc) is 2.79. The lowest BCUT2D eigenvalue weighted by molar-refractivity contribution is -0.160. The summed E-state index contributed by atoms with van der Waals surface area (Å²) in [6, 6.07) is 1.66. The zero-order chi connectivity index (χ0) is 28.7. The number of rotatable bonds is 7. The number of hydrogen-bond donors (Lipinski definition) is 1. The van der Waals surface area contributed by atoms with Crippen LogP contribution in [0.15, 0.2) is 42.6 Å². The quantitative estimate of drug-likeness (QED) is 0.328. The molecule has 1 aliphatic rings. The monoisotopic (exact) mass is 542 g/mol. The van der Waals surface area contributed by atoms with Crippen LogP contribution in [0.4, 0.5) is 10.1 Å². The number of allylic oxidation sites excluding steroid dienone is 5. The zero-order valence-electron chi connectivity index (χ0n) is 23.1. The highest BCUT2D eigenvalue weighted by atomic mass is 32.2. The Kier molecular flexibility index (Phi) is 8.05. The minimum Gasteiger partial charge on any atom is -0.479 e. The van der Waals surface area contributed by atoms with Crippen LogP contribution in [0, 0.1) is 19.8 Å². The first-order valence-electron chi connectivity index (χ1n) is 12.2. The lowest BCUT2D eigenvalue weighted by Gasteiger charge is -2.37. The number of aromatic nitrogens is 1. The van der Waals surface area contributed by atoms with E-state index in [1.54, 1.807) is 40.7 Å². The van der Waals surface area contributed by atoms with Gasteiger partial charge in [-0.2, -0.15) is 4.39 Å². The zero-order valence-corrected chi connectivity index (χ0v) is 24.0. The van der Waals surface area contributed by atoms with E-state index in [1.807, 2.05) is 32.1 Å². The van der Waals surface area contributed by atoms with Gasteiger partial charge in [-0.15, -0.1) is 0 Å². The summed E-state index contributed by atoms with van der Waals surface area (Å²) in [5, 5.41) is 10.4. The van der Waals surface area contributed by atoms with Crippen molar-refractivity contribution in [1.29, 1.82) is 0 Å². The Morgan fingerprint density at radius 3 is 2.39 bits per heavy atom. The van der Waals surface area contributed by atoms with Crippen molar-refractivity contribution in [2.75, 3.05) is 10.6 Å². The van der Waals surface area contributed by atoms with Gasteiger partial charge in [-0.3, -0.25) is 4.31 Å². The number of carboxylic acid groups (broad SMARTS) is 1. The molecule has 0 spiro atoms. The molecule has 0 unspecified atom stereocenters. The molecule has 1 atom stereocenters. The van der Waals surface area contributed by atoms with Gasteiger partial charge < -0.3 is 9.84 Å². The van der Waals surface area contributed by atoms with Crippen molar-refractivity contribution in [2.24, 2.45) is 0 Å². The summed E-state index contributed by atoms with van der Waals surface area (Å²) in [5.74, 6) is -1.96. The summed E-state index contributed by atoms with van der Waals surface area (Å²) in [4.78, 5) is 16.4. The highest BCUT2D eigenvalue weighted by molar-refractivity contribution is 7.92. The number of fused-ring (bicyclic) bond motifs is 3. The Morgan fingerprint density at radius 1 is 1.26 bits per heavy atom. The average molecular weight is 543 g/mol. The number of nitrogens with zero attached hydrogens (tertiary/aromatic N) is 2. The number of ether oxygens (including phenoxy) is 1. The van der Waals surface area contributed by atoms with E-state index in [0.717, 1.165) is 16.1 Å². The SMILES string of the molecule is C=C(C)/C=C\C(=C/C)c1c(C)c2c(c(C)c1[C@H](OC(C)(C)C)C(=O)O)N(S(C)(=O)=O)Cc1c-2ccnc1F. The number of carbonyl (C=O) groups is 1. The Morgan fingerprint density at radius 2 is 1.89 bits per heavy atom. The van der Waals surface area contributed by atoms with Crippen LogP contribution in [0.2, 0.25) is 0 Å². The van der Waals surface area contributed by atoms with Crippen LogP contribution >= 0.6 is 0 Å². The highest BCUT2D eigenvalue weighted by Crippen LogP contribution is 2.50. The molecule has 0 aliphatic carbocycles. The standard InChI is InChI=1S/C29H35FN2O5S/c1-10-19(12-11-16(2)3)22-17(4)23-20-13-14-31-27(30)21(20)15-32(38(9,35)36)25(23)18(5)24(22)26(28(33)34)37-29(6,7)8/h10-14,26H,2,15H2,1,3-9H3,(H,33,34)/b12-11-,19-10+/t26-/m0/s1. The van der Waals surface area contributed by atoms with Gasteiger partial charge in [0.15, 0.2) is 6.10 Å². The first-order chi connectivity index (χ1) is 17.5. The molecule has 0 amide bonds. The highest BCUT2D eigenvalue weighted by Gasteiger charge is 2.39. The molecule has 7 nitrogen and oxygen atoms in total. The number of sulfonamides is 1. The van der Waals surface area contributed by atoms with Crippen LogP contribution in [0.3, 0.4) is 0 Å². The lowest BCUT2D eigenvalue weighted by atomic mass is 9.80. The topological polar surface area (TPSA) is 96.8 Å². The second-order valence-corrected chi connectivity index (χ2v) is 12.4. The molecule has 0 bridgehead atoms. The lowest BCUT2D eigenvalue weighted by Crippen LogP contribution is -2.35. The smallest absolute Gasteiger partial charge is 0.337 e. The third-order valence-electron chi connectivity index (χ3n) is 6.34. The van der Waals surface area contributed by atoms with Gasteiger partial charge in [0.05, 0.1) is 24.1 Å². The van der Waals surface area contributed by atoms with Crippen LogP contribution in [-0.4, -0.2) is 36.3 Å². The minimum absolute atomic E-state index is 0.159. The molecule has 38 heavy (non-hydrogen) atoms. The van der Waals surface area contributed by atoms with Crippen LogP contribution < -0.4 is 4.31 Å². The van der Waals surface area contributed by atoms with Crippen LogP contribution in [0.5, 0.6) is 0 Å². The number of hydrogen-bond acceptors (Lipinski definition) is 5. The van der Waals surface area contributed by atoms with Crippen molar-refractivity contribution in [1.82, 2.24) is 4.98 Å². The van der Waals surface area contributed by atoms with Crippen molar-refractivity contribution in [2.45, 2.75) is 66.7 Å². The number of carboxylic acids is 1. The van der Waals surface area contributed by atoms with E-state index in [9.17, 15) is 22.7 Å². The van der Waals surface area contributed by atoms with Gasteiger partial charge in [0.25, 0.3) is 0 Å². The van der Waals surface area contributed by atoms with Crippen molar-refractivity contribution in [3.05, 3.63) is 76.4 Å². The van der Waals surface area contributed by atoms with Crippen molar-refractivity contribution in [3.63, 3.8) is 0 Å². The largest absolute Gasteiger partial charge is 0.479 e. The molecule has 2 heterocycles. The molecule has 0 saturated heterocycles. The van der Waals surface area contributed by atoms with E-state index < -0.39 is 33.6 Å². The van der Waals surface area contributed by atoms with Crippen LogP contribution in [-0.2, 0) is 26.1 Å². The van der Waals surface area contributed by atoms with Crippen molar-refractivity contribution < 1.29 is 27.4 Å². The molecule has 204 valence electrons. The molecule has 3 rings (SSSR count). The molecule has 0 radical (unpaired) electrons. The summed E-state index contributed by atoms with van der Waals surface area (Å²) >= 11 is 0. The van der Waals surface area contributed by atoms with Gasteiger partial charge in [-0.05, 0) is 82.4 Å². The normalized spacial score (nSPS) is 14.9. The molecule has 0 fully saturated rings. The van der Waals surface area contributed by atoms with Crippen molar-refractivity contribution >= 4 is 27.3 Å². The van der Waals surface area contributed by atoms with Crippen molar-refractivity contribution in [3.8, 4) is 11.1 Å². The number of pyridine rings is 1. The first-order valence-corrected chi connectivity index (χ1v) is 14.0. The molecular formula is C29H35FN2O5S. The molecule has 1 aromatic carbocycles. The summed E-state index contributed by atoms with van der Waals surface area (Å²) < 4.78 is 48.2. The van der Waals surface area contributed by atoms with Gasteiger partial charge in [0.1, 0.15) is 0 Å². The van der Waals surface area contributed by atoms with E-state index in [2.05, 4.69) is 11.6 Å². The number of benzene rings is 1. The van der Waals surface area contributed by atoms with E-state index in [-0.39, 0.29) is 12.1 Å². The van der Waals surface area contributed by atoms with Gasteiger partial charge in [-0.1, -0.05) is 30.4 Å². The predicted molar refractivity (Wildman–Crippen MR) is 149 cm³/mol. The molecule has 1 aliphatic heterocycles. The maximum Gasteiger partial charge on any atom is 0.337 e. The Hall–Kier alpha value is -3.30. The number of aliphatic carboxylic acids is 1. The van der Waals surface area contributed by atoms with Gasteiger partial charge in [-0.25, -0.2) is 18.2 Å². The molecule has 0 saturated carbocycles. The molecule has 1 N–H and O–H groups in total. The maximum absolute atomic E-state index is 14.9. The van der Waals surface area contributed by atoms with E-state index in [0.29, 0.717) is 44.6 Å². The molecule has 1 aromatic heterocycles. The third-order valence-corrected chi connectivity index (χ3v) is 7.46. The second-order valence-electron chi connectivity index (χ2n) is 10.5. The van der Waals surface area contributed by atoms with Gasteiger partial charge >= 0.3 is 5.97 Å². The van der Waals surface area contributed by atoms with E-state index >= 15 is 0 Å². The number of halogens is 1. The fourth-order valence-electron chi connectivity index (χ4n) is 4.85. The maximum atomic E-state index is 14.9. The Labute approximate surface area is 224 Å². The van der Waals surface area contributed by atoms with E-state index in [1.165, 1.54) is 6.20 Å². The van der Waals surface area contributed by atoms with Crippen LogP contribution in [0.1, 0.15) is 68.5 Å². The van der Waals surface area contributed by atoms with Crippen LogP contribution in [0.25, 0.3) is 16.7 Å². The summed E-state index contributed by atoms with van der Waals surface area (Å²) in [7, 11) is -3.89. The number of anilines is 1. The molecular weight excluding hydrogens is 507 g/mol. The fourth-order valence-corrected chi connectivity index (χ4v) is 5.77. The Bertz CT molecular complexity index is 1480. The predicted octanol–water partition coefficient (Wildman–Crippen LogP) is 6.26.